The first-order valence-electron chi connectivity index (χ1n) is 12.2. The predicted octanol–water partition coefficient (Wildman–Crippen LogP) is 4.60. The molecule has 0 fully saturated rings. The fourth-order valence-electron chi connectivity index (χ4n) is 4.31. The molecule has 2 aromatic carbocycles. The van der Waals surface area contributed by atoms with Crippen LogP contribution in [0.2, 0.25) is 0 Å². The van der Waals surface area contributed by atoms with Gasteiger partial charge in [-0.2, -0.15) is 10.2 Å². The van der Waals surface area contributed by atoms with Crippen LogP contribution in [0.1, 0.15) is 0 Å². The van der Waals surface area contributed by atoms with Crippen LogP contribution in [-0.2, 0) is 16.6 Å². The molecular weight excluding hydrogens is 536 g/mol. The molecule has 0 bridgehead atoms. The summed E-state index contributed by atoms with van der Waals surface area (Å²) in [6.45, 7) is 0. The second-order valence-electron chi connectivity index (χ2n) is 9.08. The Morgan fingerprint density at radius 3 is 2.49 bits per heavy atom. The standard InChI is InChI=1S/C28H19F2N7O4/c1-35-14-17(12-33-35)16-10-25(23-8-9-32-36(23)15-16)41-24-7-4-19(11-22(24)30)34-26(38)21-13-31-28(40)37(27(21)39)20-5-2-18(29)3-6-20/h2-15,21H,1H3,(H,34,38). The summed E-state index contributed by atoms with van der Waals surface area (Å²) in [5, 5.41) is 10.9. The van der Waals surface area contributed by atoms with E-state index >= 15 is 4.39 Å². The monoisotopic (exact) mass is 555 g/mol. The topological polar surface area (TPSA) is 123 Å². The number of ether oxygens (including phenoxy) is 1. The van der Waals surface area contributed by atoms with Crippen LogP contribution in [-0.4, -0.2) is 43.5 Å². The minimum absolute atomic E-state index is 0.0462. The van der Waals surface area contributed by atoms with E-state index in [1.807, 2.05) is 6.20 Å². The van der Waals surface area contributed by atoms with Gasteiger partial charge in [-0.05, 0) is 48.5 Å². The van der Waals surface area contributed by atoms with Crippen molar-refractivity contribution in [2.24, 2.45) is 18.0 Å². The lowest BCUT2D eigenvalue weighted by molar-refractivity contribution is -0.127. The van der Waals surface area contributed by atoms with Crippen molar-refractivity contribution in [2.45, 2.75) is 0 Å². The number of imide groups is 1. The lowest BCUT2D eigenvalue weighted by Gasteiger charge is -2.25. The van der Waals surface area contributed by atoms with E-state index in [1.54, 1.807) is 47.0 Å². The maximum atomic E-state index is 15.1. The number of aliphatic imine (C=N–C) groups is 1. The van der Waals surface area contributed by atoms with Gasteiger partial charge in [0.25, 0.3) is 5.91 Å². The number of rotatable bonds is 6. The molecule has 0 aliphatic carbocycles. The van der Waals surface area contributed by atoms with Crippen LogP contribution in [0, 0.1) is 17.6 Å². The van der Waals surface area contributed by atoms with Crippen molar-refractivity contribution in [2.75, 3.05) is 10.2 Å². The molecule has 6 rings (SSSR count). The largest absolute Gasteiger partial charge is 0.452 e. The number of halogens is 2. The summed E-state index contributed by atoms with van der Waals surface area (Å²) in [6.07, 6.45) is 7.81. The summed E-state index contributed by atoms with van der Waals surface area (Å²) in [5.74, 6) is -4.30. The molecule has 0 saturated heterocycles. The number of carbonyl (C=O) groups is 3. The van der Waals surface area contributed by atoms with Crippen molar-refractivity contribution in [3.05, 3.63) is 91.0 Å². The third-order valence-electron chi connectivity index (χ3n) is 6.31. The number of fused-ring (bicyclic) bond motifs is 1. The second-order valence-corrected chi connectivity index (χ2v) is 9.08. The highest BCUT2D eigenvalue weighted by Gasteiger charge is 2.37. The predicted molar refractivity (Wildman–Crippen MR) is 144 cm³/mol. The number of amides is 4. The molecule has 1 N–H and O–H groups in total. The fourth-order valence-corrected chi connectivity index (χ4v) is 4.31. The van der Waals surface area contributed by atoms with Gasteiger partial charge in [-0.1, -0.05) is 0 Å². The Kier molecular flexibility index (Phi) is 6.30. The molecular formula is C28H19F2N7O4. The van der Waals surface area contributed by atoms with Crippen LogP contribution in [0.5, 0.6) is 11.5 Å². The van der Waals surface area contributed by atoms with E-state index in [-0.39, 0.29) is 17.1 Å². The van der Waals surface area contributed by atoms with Gasteiger partial charge in [0.2, 0.25) is 5.91 Å². The molecule has 3 aromatic heterocycles. The first-order valence-corrected chi connectivity index (χ1v) is 12.2. The van der Waals surface area contributed by atoms with Gasteiger partial charge in [0.05, 0.1) is 18.1 Å². The van der Waals surface area contributed by atoms with Crippen molar-refractivity contribution >= 4 is 41.0 Å². The van der Waals surface area contributed by atoms with Gasteiger partial charge in [-0.3, -0.25) is 14.3 Å². The molecule has 0 saturated carbocycles. The Balaban J connectivity index is 1.21. The van der Waals surface area contributed by atoms with E-state index in [4.69, 9.17) is 4.74 Å². The summed E-state index contributed by atoms with van der Waals surface area (Å²) in [5.41, 5.74) is 2.27. The molecule has 1 aliphatic heterocycles. The Morgan fingerprint density at radius 1 is 0.951 bits per heavy atom. The molecule has 204 valence electrons. The molecule has 1 unspecified atom stereocenters. The Bertz CT molecular complexity index is 1860. The van der Waals surface area contributed by atoms with Crippen LogP contribution in [0.25, 0.3) is 16.6 Å². The quantitative estimate of drug-likeness (QED) is 0.306. The van der Waals surface area contributed by atoms with Gasteiger partial charge in [0.15, 0.2) is 23.2 Å². The number of anilines is 2. The molecule has 0 spiro atoms. The number of hydrogen-bond donors (Lipinski definition) is 1. The Hall–Kier alpha value is -5.72. The third kappa shape index (κ3) is 4.91. The number of hydrogen-bond acceptors (Lipinski definition) is 6. The smallest absolute Gasteiger partial charge is 0.354 e. The van der Waals surface area contributed by atoms with Crippen LogP contribution in [0.15, 0.2) is 84.4 Å². The normalized spacial score (nSPS) is 15.0. The first-order chi connectivity index (χ1) is 19.8. The molecule has 41 heavy (non-hydrogen) atoms. The van der Waals surface area contributed by atoms with Gasteiger partial charge >= 0.3 is 6.03 Å². The molecule has 5 aromatic rings. The van der Waals surface area contributed by atoms with Crippen molar-refractivity contribution in [3.63, 3.8) is 0 Å². The highest BCUT2D eigenvalue weighted by atomic mass is 19.1. The summed E-state index contributed by atoms with van der Waals surface area (Å²) in [7, 11) is 1.79. The van der Waals surface area contributed by atoms with Gasteiger partial charge in [0, 0.05) is 48.5 Å². The molecule has 11 nitrogen and oxygen atoms in total. The first kappa shape index (κ1) is 25.6. The highest BCUT2D eigenvalue weighted by molar-refractivity contribution is 6.31. The third-order valence-corrected chi connectivity index (χ3v) is 6.31. The number of aromatic nitrogens is 4. The van der Waals surface area contributed by atoms with Crippen LogP contribution < -0.4 is 15.0 Å². The number of nitrogens with one attached hydrogen (secondary N) is 1. The number of nitrogens with zero attached hydrogens (tertiary/aromatic N) is 6. The fraction of sp³-hybridized carbons (Fsp3) is 0.0714. The lowest BCUT2D eigenvalue weighted by atomic mass is 10.1. The number of aryl methyl sites for hydroxylation is 1. The zero-order valence-corrected chi connectivity index (χ0v) is 21.2. The molecule has 1 atom stereocenters. The van der Waals surface area contributed by atoms with Crippen LogP contribution >= 0.6 is 0 Å². The van der Waals surface area contributed by atoms with Crippen molar-refractivity contribution in [1.82, 2.24) is 19.4 Å². The van der Waals surface area contributed by atoms with Crippen LogP contribution in [0.3, 0.4) is 0 Å². The van der Waals surface area contributed by atoms with E-state index in [0.717, 1.165) is 35.5 Å². The van der Waals surface area contributed by atoms with Crippen molar-refractivity contribution in [1.29, 1.82) is 0 Å². The van der Waals surface area contributed by atoms with E-state index in [1.165, 1.54) is 24.3 Å². The molecule has 1 aliphatic rings. The maximum absolute atomic E-state index is 15.1. The summed E-state index contributed by atoms with van der Waals surface area (Å²) in [4.78, 5) is 42.4. The minimum Gasteiger partial charge on any atom is -0.452 e. The van der Waals surface area contributed by atoms with Gasteiger partial charge in [0.1, 0.15) is 11.3 Å². The highest BCUT2D eigenvalue weighted by Crippen LogP contribution is 2.33. The second kappa shape index (κ2) is 10.1. The molecule has 4 heterocycles. The maximum Gasteiger partial charge on any atom is 0.354 e. The van der Waals surface area contributed by atoms with E-state index in [0.29, 0.717) is 16.2 Å². The van der Waals surface area contributed by atoms with Crippen molar-refractivity contribution < 1.29 is 27.9 Å². The molecule has 13 heteroatoms. The number of pyridine rings is 1. The lowest BCUT2D eigenvalue weighted by Crippen LogP contribution is -2.47. The summed E-state index contributed by atoms with van der Waals surface area (Å²) >= 11 is 0. The average molecular weight is 556 g/mol. The Morgan fingerprint density at radius 2 is 1.76 bits per heavy atom. The average Bonchev–Trinajstić information content (AvgIpc) is 3.60. The SMILES string of the molecule is Cn1cc(-c2cc(Oc3ccc(NC(=O)C4C=NC(=O)N(c5ccc(F)cc5)C4=O)cc3F)c3ccnn3c2)cn1. The van der Waals surface area contributed by atoms with E-state index < -0.39 is 35.4 Å². The minimum atomic E-state index is -1.47. The summed E-state index contributed by atoms with van der Waals surface area (Å²) in [6, 6.07) is 10.9. The van der Waals surface area contributed by atoms with Crippen LogP contribution in [0.4, 0.5) is 25.0 Å². The van der Waals surface area contributed by atoms with Gasteiger partial charge in [-0.15, -0.1) is 0 Å². The van der Waals surface area contributed by atoms with E-state index in [9.17, 15) is 18.8 Å². The van der Waals surface area contributed by atoms with Gasteiger partial charge < -0.3 is 10.1 Å². The molecule has 0 radical (unpaired) electrons. The van der Waals surface area contributed by atoms with E-state index in [2.05, 4.69) is 20.5 Å². The summed E-state index contributed by atoms with van der Waals surface area (Å²) < 4.78 is 37.6. The zero-order chi connectivity index (χ0) is 28.7. The zero-order valence-electron chi connectivity index (χ0n) is 21.2. The Labute approximate surface area is 230 Å². The number of benzene rings is 2. The van der Waals surface area contributed by atoms with Crippen molar-refractivity contribution in [3.8, 4) is 22.6 Å². The number of carbonyl (C=O) groups excluding carboxylic acids is 3. The molecule has 4 amide bonds. The number of urea groups is 1. The van der Waals surface area contributed by atoms with Gasteiger partial charge in [-0.25, -0.2) is 28.0 Å².